The number of amides is 1. The fourth-order valence-electron chi connectivity index (χ4n) is 4.96. The van der Waals surface area contributed by atoms with E-state index in [0.717, 1.165) is 11.1 Å². The zero-order valence-electron chi connectivity index (χ0n) is 20.0. The summed E-state index contributed by atoms with van der Waals surface area (Å²) in [5.74, 6) is -2.60. The molecule has 1 saturated carbocycles. The number of pyridine rings is 1. The number of fused-ring (bicyclic) bond motifs is 1. The van der Waals surface area contributed by atoms with Gasteiger partial charge in [-0.3, -0.25) is 14.4 Å². The van der Waals surface area contributed by atoms with Gasteiger partial charge in [-0.05, 0) is 49.6 Å². The average molecular weight is 502 g/mol. The first-order valence-corrected chi connectivity index (χ1v) is 11.8. The lowest BCUT2D eigenvalue weighted by atomic mass is 9.91. The first-order chi connectivity index (χ1) is 17.8. The number of nitrogens with zero attached hydrogens (tertiary/aromatic N) is 4. The number of hydrogen-bond acceptors (Lipinski definition) is 7. The SMILES string of the molecule is CC(=O)c1cn(CC(=O)C2C[C@H](F)C[C@H]2C(=O)Nc2cc(O)ccn2)c2ccc(-c3ccnnc3)cc12. The van der Waals surface area contributed by atoms with Crippen LogP contribution in [-0.2, 0) is 16.1 Å². The molecule has 10 heteroatoms. The number of carbonyl (C=O) groups is 3. The van der Waals surface area contributed by atoms with Crippen LogP contribution >= 0.6 is 0 Å². The Morgan fingerprint density at radius 1 is 1.05 bits per heavy atom. The van der Waals surface area contributed by atoms with Crippen molar-refractivity contribution in [2.45, 2.75) is 32.5 Å². The Balaban J connectivity index is 1.41. The van der Waals surface area contributed by atoms with Crippen LogP contribution in [-0.4, -0.2) is 48.5 Å². The molecule has 2 N–H and O–H groups in total. The minimum Gasteiger partial charge on any atom is -0.508 e. The molecule has 3 aromatic heterocycles. The normalized spacial score (nSPS) is 19.1. The van der Waals surface area contributed by atoms with Gasteiger partial charge in [0.1, 0.15) is 17.7 Å². The van der Waals surface area contributed by atoms with Crippen molar-refractivity contribution < 1.29 is 23.9 Å². The molecule has 3 heterocycles. The quantitative estimate of drug-likeness (QED) is 0.367. The second-order valence-electron chi connectivity index (χ2n) is 9.23. The van der Waals surface area contributed by atoms with Gasteiger partial charge >= 0.3 is 0 Å². The summed E-state index contributed by atoms with van der Waals surface area (Å²) in [5, 5.41) is 20.6. The number of nitrogens with one attached hydrogen (secondary N) is 1. The van der Waals surface area contributed by atoms with Crippen LogP contribution in [0.15, 0.2) is 61.2 Å². The Bertz CT molecular complexity index is 1500. The Kier molecular flexibility index (Phi) is 6.47. The van der Waals surface area contributed by atoms with Crippen LogP contribution in [0.25, 0.3) is 22.0 Å². The third kappa shape index (κ3) is 4.95. The Hall–Kier alpha value is -4.47. The molecule has 1 aromatic carbocycles. The van der Waals surface area contributed by atoms with Gasteiger partial charge in [-0.2, -0.15) is 10.2 Å². The highest BCUT2D eigenvalue weighted by atomic mass is 19.1. The molecule has 37 heavy (non-hydrogen) atoms. The van der Waals surface area contributed by atoms with Gasteiger partial charge in [-0.25, -0.2) is 9.37 Å². The second-order valence-corrected chi connectivity index (χ2v) is 9.23. The first-order valence-electron chi connectivity index (χ1n) is 11.8. The zero-order valence-corrected chi connectivity index (χ0v) is 20.0. The van der Waals surface area contributed by atoms with Gasteiger partial charge in [0.05, 0.1) is 24.9 Å². The second kappa shape index (κ2) is 9.88. The number of benzene rings is 1. The van der Waals surface area contributed by atoms with Crippen molar-refractivity contribution in [1.29, 1.82) is 0 Å². The third-order valence-corrected chi connectivity index (χ3v) is 6.75. The summed E-state index contributed by atoms with van der Waals surface area (Å²) < 4.78 is 16.1. The minimum absolute atomic E-state index is 0.0532. The Morgan fingerprint density at radius 2 is 1.86 bits per heavy atom. The Morgan fingerprint density at radius 3 is 2.59 bits per heavy atom. The van der Waals surface area contributed by atoms with Crippen molar-refractivity contribution in [3.05, 3.63) is 66.7 Å². The predicted molar refractivity (Wildman–Crippen MR) is 134 cm³/mol. The highest BCUT2D eigenvalue weighted by molar-refractivity contribution is 6.08. The molecule has 1 aliphatic rings. The molecular weight excluding hydrogens is 477 g/mol. The molecule has 0 aliphatic heterocycles. The molecular formula is C27H24FN5O4. The van der Waals surface area contributed by atoms with E-state index in [0.29, 0.717) is 16.5 Å². The molecule has 1 amide bonds. The fourth-order valence-corrected chi connectivity index (χ4v) is 4.96. The number of aromatic nitrogens is 4. The molecule has 5 rings (SSSR count). The maximum atomic E-state index is 14.4. The van der Waals surface area contributed by atoms with Crippen LogP contribution in [0.1, 0.15) is 30.1 Å². The molecule has 188 valence electrons. The largest absolute Gasteiger partial charge is 0.508 e. The number of carbonyl (C=O) groups excluding carboxylic acids is 3. The van der Waals surface area contributed by atoms with E-state index in [-0.39, 0.29) is 42.5 Å². The van der Waals surface area contributed by atoms with Crippen LogP contribution in [0.3, 0.4) is 0 Å². The summed E-state index contributed by atoms with van der Waals surface area (Å²) in [5.41, 5.74) is 2.84. The molecule has 0 spiro atoms. The van der Waals surface area contributed by atoms with Crippen LogP contribution in [0.2, 0.25) is 0 Å². The van der Waals surface area contributed by atoms with Crippen molar-refractivity contribution >= 4 is 34.2 Å². The number of rotatable bonds is 7. The highest BCUT2D eigenvalue weighted by Gasteiger charge is 2.43. The standard InChI is InChI=1S/C27H24FN5O4/c1-15(34)23-13-33(24-3-2-16(8-20(23)24)17-4-7-30-31-12-17)14-25(36)21-9-18(28)10-22(21)27(37)32-26-11-19(35)5-6-29-26/h2-8,11-13,18,21-22H,9-10,14H2,1H3,(H2,29,32,35,37)/t18-,21?,22+/m0/s1. The molecule has 0 radical (unpaired) electrons. The summed E-state index contributed by atoms with van der Waals surface area (Å²) in [6.45, 7) is 1.35. The van der Waals surface area contributed by atoms with Crippen molar-refractivity contribution in [1.82, 2.24) is 19.7 Å². The smallest absolute Gasteiger partial charge is 0.229 e. The number of aromatic hydroxyl groups is 1. The highest BCUT2D eigenvalue weighted by Crippen LogP contribution is 2.36. The van der Waals surface area contributed by atoms with Crippen LogP contribution in [0.4, 0.5) is 10.2 Å². The lowest BCUT2D eigenvalue weighted by Crippen LogP contribution is -2.32. The molecule has 1 fully saturated rings. The number of anilines is 1. The fraction of sp³-hybridized carbons (Fsp3) is 0.259. The maximum absolute atomic E-state index is 14.4. The van der Waals surface area contributed by atoms with Gasteiger partial charge < -0.3 is 15.0 Å². The summed E-state index contributed by atoms with van der Waals surface area (Å²) in [4.78, 5) is 42.6. The van der Waals surface area contributed by atoms with Gasteiger partial charge in [-0.1, -0.05) is 6.07 Å². The molecule has 3 atom stereocenters. The summed E-state index contributed by atoms with van der Waals surface area (Å²) >= 11 is 0. The first kappa shape index (κ1) is 24.2. The van der Waals surface area contributed by atoms with E-state index in [1.165, 1.54) is 25.3 Å². The van der Waals surface area contributed by atoms with Crippen LogP contribution < -0.4 is 5.32 Å². The van der Waals surface area contributed by atoms with E-state index < -0.39 is 23.9 Å². The number of halogens is 1. The van der Waals surface area contributed by atoms with E-state index in [2.05, 4.69) is 20.5 Å². The molecule has 1 aliphatic carbocycles. The lowest BCUT2D eigenvalue weighted by molar-refractivity contribution is -0.130. The predicted octanol–water partition coefficient (Wildman–Crippen LogP) is 3.97. The van der Waals surface area contributed by atoms with Gasteiger partial charge in [0, 0.05) is 46.4 Å². The Labute approximate surface area is 211 Å². The molecule has 0 saturated heterocycles. The number of alkyl halides is 1. The third-order valence-electron chi connectivity index (χ3n) is 6.75. The van der Waals surface area contributed by atoms with Gasteiger partial charge in [0.15, 0.2) is 11.6 Å². The number of hydrogen-bond donors (Lipinski definition) is 2. The molecule has 0 bridgehead atoms. The van der Waals surface area contributed by atoms with Gasteiger partial charge in [0.2, 0.25) is 5.91 Å². The summed E-state index contributed by atoms with van der Waals surface area (Å²) in [6.07, 6.45) is 4.76. The van der Waals surface area contributed by atoms with Crippen molar-refractivity contribution in [2.75, 3.05) is 5.32 Å². The summed E-state index contributed by atoms with van der Waals surface area (Å²) in [7, 11) is 0. The van der Waals surface area contributed by atoms with E-state index >= 15 is 0 Å². The molecule has 1 unspecified atom stereocenters. The van der Waals surface area contributed by atoms with E-state index in [9.17, 15) is 23.9 Å². The van der Waals surface area contributed by atoms with Crippen molar-refractivity contribution in [3.8, 4) is 16.9 Å². The zero-order chi connectivity index (χ0) is 26.1. The number of Topliss-reactive ketones (excluding diaryl/α,β-unsaturated/α-hetero) is 2. The lowest BCUT2D eigenvalue weighted by Gasteiger charge is -2.18. The monoisotopic (exact) mass is 501 g/mol. The van der Waals surface area contributed by atoms with Crippen LogP contribution in [0.5, 0.6) is 5.75 Å². The van der Waals surface area contributed by atoms with E-state index in [1.807, 2.05) is 24.3 Å². The summed E-state index contributed by atoms with van der Waals surface area (Å²) in [6, 6.07) is 10.0. The van der Waals surface area contributed by atoms with E-state index in [1.54, 1.807) is 23.2 Å². The average Bonchev–Trinajstić information content (AvgIpc) is 3.45. The molecule has 9 nitrogen and oxygen atoms in total. The van der Waals surface area contributed by atoms with Crippen molar-refractivity contribution in [2.24, 2.45) is 11.8 Å². The van der Waals surface area contributed by atoms with Gasteiger partial charge in [-0.15, -0.1) is 0 Å². The van der Waals surface area contributed by atoms with E-state index in [4.69, 9.17) is 0 Å². The van der Waals surface area contributed by atoms with Crippen LogP contribution in [0, 0.1) is 11.8 Å². The maximum Gasteiger partial charge on any atom is 0.229 e. The number of ketones is 2. The molecule has 4 aromatic rings. The topological polar surface area (TPSA) is 127 Å². The minimum atomic E-state index is -1.28. The van der Waals surface area contributed by atoms with Gasteiger partial charge in [0.25, 0.3) is 0 Å². The van der Waals surface area contributed by atoms with Crippen molar-refractivity contribution in [3.63, 3.8) is 0 Å².